The van der Waals surface area contributed by atoms with E-state index < -0.39 is 5.97 Å². The maximum absolute atomic E-state index is 11.8. The van der Waals surface area contributed by atoms with Gasteiger partial charge in [-0.1, -0.05) is 0 Å². The summed E-state index contributed by atoms with van der Waals surface area (Å²) in [6.07, 6.45) is 0. The van der Waals surface area contributed by atoms with Crippen molar-refractivity contribution in [2.75, 3.05) is 20.7 Å². The SMILES string of the molecule is CN(C)C(=O)COC(=O)c1ccc(SCc2cscn2)cc1. The molecule has 0 fully saturated rings. The second kappa shape index (κ2) is 7.95. The molecular weight excluding hydrogens is 320 g/mol. The largest absolute Gasteiger partial charge is 0.452 e. The normalized spacial score (nSPS) is 10.3. The van der Waals surface area contributed by atoms with E-state index in [0.29, 0.717) is 5.56 Å². The number of rotatable bonds is 6. The van der Waals surface area contributed by atoms with Gasteiger partial charge in [-0.3, -0.25) is 4.79 Å². The van der Waals surface area contributed by atoms with Crippen molar-refractivity contribution in [2.24, 2.45) is 0 Å². The smallest absolute Gasteiger partial charge is 0.338 e. The first-order valence-corrected chi connectivity index (χ1v) is 8.46. The lowest BCUT2D eigenvalue weighted by Crippen LogP contribution is -2.27. The summed E-state index contributed by atoms with van der Waals surface area (Å²) in [7, 11) is 3.23. The molecule has 0 saturated heterocycles. The molecule has 1 aromatic heterocycles. The lowest BCUT2D eigenvalue weighted by atomic mass is 10.2. The van der Waals surface area contributed by atoms with Crippen LogP contribution in [0.3, 0.4) is 0 Å². The molecule has 0 radical (unpaired) electrons. The topological polar surface area (TPSA) is 59.5 Å². The van der Waals surface area contributed by atoms with Crippen molar-refractivity contribution < 1.29 is 14.3 Å². The van der Waals surface area contributed by atoms with Crippen LogP contribution in [0.2, 0.25) is 0 Å². The van der Waals surface area contributed by atoms with Crippen molar-refractivity contribution in [1.82, 2.24) is 9.88 Å². The van der Waals surface area contributed by atoms with E-state index in [4.69, 9.17) is 4.74 Å². The van der Waals surface area contributed by atoms with Crippen molar-refractivity contribution in [3.05, 3.63) is 46.4 Å². The Bertz CT molecular complexity index is 625. The molecule has 5 nitrogen and oxygen atoms in total. The molecule has 0 saturated carbocycles. The van der Waals surface area contributed by atoms with E-state index in [1.807, 2.05) is 23.0 Å². The minimum absolute atomic E-state index is 0.244. The average Bonchev–Trinajstić information content (AvgIpc) is 3.04. The first-order chi connectivity index (χ1) is 10.6. The summed E-state index contributed by atoms with van der Waals surface area (Å²) in [5.74, 6) is 0.0556. The number of esters is 1. The van der Waals surface area contributed by atoms with E-state index in [1.54, 1.807) is 49.3 Å². The zero-order valence-corrected chi connectivity index (χ0v) is 13.9. The van der Waals surface area contributed by atoms with Gasteiger partial charge in [0.1, 0.15) is 0 Å². The minimum Gasteiger partial charge on any atom is -0.452 e. The zero-order chi connectivity index (χ0) is 15.9. The van der Waals surface area contributed by atoms with Crippen LogP contribution in [0.4, 0.5) is 0 Å². The number of likely N-dealkylation sites (N-methyl/N-ethyl adjacent to an activating group) is 1. The molecule has 0 unspecified atom stereocenters. The first-order valence-electron chi connectivity index (χ1n) is 6.53. The molecule has 0 aliphatic carbocycles. The third-order valence-corrected chi connectivity index (χ3v) is 4.47. The number of amides is 1. The molecule has 22 heavy (non-hydrogen) atoms. The summed E-state index contributed by atoms with van der Waals surface area (Å²) < 4.78 is 4.96. The number of carbonyl (C=O) groups is 2. The van der Waals surface area contributed by atoms with Gasteiger partial charge >= 0.3 is 5.97 Å². The maximum atomic E-state index is 11.8. The lowest BCUT2D eigenvalue weighted by Gasteiger charge is -2.10. The molecule has 1 amide bonds. The van der Waals surface area contributed by atoms with E-state index in [1.165, 1.54) is 4.90 Å². The Morgan fingerprint density at radius 2 is 2.00 bits per heavy atom. The van der Waals surface area contributed by atoms with Crippen LogP contribution in [-0.4, -0.2) is 42.5 Å². The van der Waals surface area contributed by atoms with Gasteiger partial charge in [0, 0.05) is 30.1 Å². The van der Waals surface area contributed by atoms with Gasteiger partial charge in [-0.25, -0.2) is 9.78 Å². The number of carbonyl (C=O) groups excluding carboxylic acids is 2. The number of ether oxygens (including phenoxy) is 1. The second-order valence-corrected chi connectivity index (χ2v) is 6.42. The summed E-state index contributed by atoms with van der Waals surface area (Å²) in [6, 6.07) is 7.13. The van der Waals surface area contributed by atoms with Gasteiger partial charge in [0.15, 0.2) is 6.61 Å². The second-order valence-electron chi connectivity index (χ2n) is 4.66. The van der Waals surface area contributed by atoms with E-state index in [9.17, 15) is 9.59 Å². The highest BCUT2D eigenvalue weighted by atomic mass is 32.2. The highest BCUT2D eigenvalue weighted by Gasteiger charge is 2.11. The summed E-state index contributed by atoms with van der Waals surface area (Å²) in [4.78, 5) is 29.8. The highest BCUT2D eigenvalue weighted by molar-refractivity contribution is 7.98. The van der Waals surface area contributed by atoms with Crippen LogP contribution in [0.1, 0.15) is 16.1 Å². The molecule has 0 aliphatic heterocycles. The summed E-state index contributed by atoms with van der Waals surface area (Å²) >= 11 is 3.23. The fourth-order valence-electron chi connectivity index (χ4n) is 1.49. The maximum Gasteiger partial charge on any atom is 0.338 e. The Morgan fingerprint density at radius 1 is 1.27 bits per heavy atom. The number of thioether (sulfide) groups is 1. The van der Waals surface area contributed by atoms with Crippen LogP contribution in [0, 0.1) is 0 Å². The molecule has 0 atom stereocenters. The Morgan fingerprint density at radius 3 is 2.59 bits per heavy atom. The van der Waals surface area contributed by atoms with Crippen LogP contribution in [-0.2, 0) is 15.3 Å². The van der Waals surface area contributed by atoms with Gasteiger partial charge in [0.05, 0.1) is 16.8 Å². The fourth-order valence-corrected chi connectivity index (χ4v) is 2.96. The number of aromatic nitrogens is 1. The molecule has 2 aromatic rings. The molecule has 116 valence electrons. The van der Waals surface area contributed by atoms with Crippen molar-refractivity contribution in [2.45, 2.75) is 10.6 Å². The van der Waals surface area contributed by atoms with Crippen LogP contribution in [0.5, 0.6) is 0 Å². The number of benzene rings is 1. The third-order valence-electron chi connectivity index (χ3n) is 2.79. The summed E-state index contributed by atoms with van der Waals surface area (Å²) in [5.41, 5.74) is 3.29. The minimum atomic E-state index is -0.494. The van der Waals surface area contributed by atoms with Crippen molar-refractivity contribution in [1.29, 1.82) is 0 Å². The predicted octanol–water partition coefficient (Wildman–Crippen LogP) is 2.68. The molecule has 0 bridgehead atoms. The van der Waals surface area contributed by atoms with E-state index >= 15 is 0 Å². The Kier molecular flexibility index (Phi) is 5.97. The Balaban J connectivity index is 1.85. The quantitative estimate of drug-likeness (QED) is 0.599. The van der Waals surface area contributed by atoms with Crippen LogP contribution in [0.25, 0.3) is 0 Å². The monoisotopic (exact) mass is 336 g/mol. The van der Waals surface area contributed by atoms with Crippen molar-refractivity contribution in [3.8, 4) is 0 Å². The molecule has 7 heteroatoms. The Labute approximate surface area is 137 Å². The first kappa shape index (κ1) is 16.5. The molecule has 0 N–H and O–H groups in total. The van der Waals surface area contributed by atoms with Crippen LogP contribution in [0.15, 0.2) is 40.1 Å². The standard InChI is InChI=1S/C15H16N2O3S2/c1-17(2)14(18)7-20-15(19)11-3-5-13(6-4-11)22-9-12-8-21-10-16-12/h3-6,8,10H,7,9H2,1-2H3. The van der Waals surface area contributed by atoms with Crippen LogP contribution < -0.4 is 0 Å². The number of hydrogen-bond donors (Lipinski definition) is 0. The molecule has 0 aliphatic rings. The van der Waals surface area contributed by atoms with Gasteiger partial charge in [0.2, 0.25) is 0 Å². The molecule has 1 heterocycles. The van der Waals surface area contributed by atoms with Crippen molar-refractivity contribution >= 4 is 35.0 Å². The molecule has 1 aromatic carbocycles. The highest BCUT2D eigenvalue weighted by Crippen LogP contribution is 2.23. The third kappa shape index (κ3) is 4.85. The summed E-state index contributed by atoms with van der Waals surface area (Å²) in [6.45, 7) is -0.244. The average molecular weight is 336 g/mol. The van der Waals surface area contributed by atoms with Crippen LogP contribution >= 0.6 is 23.1 Å². The fraction of sp³-hybridized carbons (Fsp3) is 0.267. The zero-order valence-electron chi connectivity index (χ0n) is 12.3. The summed E-state index contributed by atoms with van der Waals surface area (Å²) in [5, 5.41) is 2.01. The number of nitrogens with zero attached hydrogens (tertiary/aromatic N) is 2. The molecular formula is C15H16N2O3S2. The van der Waals surface area contributed by atoms with Crippen molar-refractivity contribution in [3.63, 3.8) is 0 Å². The Hall–Kier alpha value is -1.86. The van der Waals surface area contributed by atoms with E-state index in [2.05, 4.69) is 4.98 Å². The predicted molar refractivity (Wildman–Crippen MR) is 87.1 cm³/mol. The van der Waals surface area contributed by atoms with Gasteiger partial charge in [-0.2, -0.15) is 0 Å². The number of thiazole rings is 1. The number of hydrogen-bond acceptors (Lipinski definition) is 6. The molecule has 2 rings (SSSR count). The van der Waals surface area contributed by atoms with E-state index in [-0.39, 0.29) is 12.5 Å². The lowest BCUT2D eigenvalue weighted by molar-refractivity contribution is -0.131. The molecule has 0 spiro atoms. The van der Waals surface area contributed by atoms with Gasteiger partial charge in [-0.15, -0.1) is 23.1 Å². The van der Waals surface area contributed by atoms with E-state index in [0.717, 1.165) is 16.3 Å². The van der Waals surface area contributed by atoms with Gasteiger partial charge in [0.25, 0.3) is 5.91 Å². The van der Waals surface area contributed by atoms with Gasteiger partial charge < -0.3 is 9.64 Å². The van der Waals surface area contributed by atoms with Gasteiger partial charge in [-0.05, 0) is 24.3 Å².